The Bertz CT molecular complexity index is 570. The van der Waals surface area contributed by atoms with Gasteiger partial charge in [-0.1, -0.05) is 25.2 Å². The van der Waals surface area contributed by atoms with Gasteiger partial charge < -0.3 is 10.0 Å². The zero-order valence-corrected chi connectivity index (χ0v) is 12.2. The summed E-state index contributed by atoms with van der Waals surface area (Å²) in [4.78, 5) is 14.4. The van der Waals surface area contributed by atoms with Crippen LogP contribution in [0.1, 0.15) is 48.5 Å². The Kier molecular flexibility index (Phi) is 5.35. The molecule has 0 radical (unpaired) electrons. The fraction of sp³-hybridized carbons (Fsp3) is 0.471. The highest BCUT2D eigenvalue weighted by Crippen LogP contribution is 2.28. The lowest BCUT2D eigenvalue weighted by Crippen LogP contribution is -2.34. The zero-order valence-electron chi connectivity index (χ0n) is 12.2. The molecule has 4 heteroatoms. The average Bonchev–Trinajstić information content (AvgIpc) is 3.31. The third-order valence-corrected chi connectivity index (χ3v) is 3.52. The minimum Gasteiger partial charge on any atom is -0.384 e. The molecule has 21 heavy (non-hydrogen) atoms. The van der Waals surface area contributed by atoms with E-state index in [1.54, 1.807) is 6.07 Å². The normalized spacial score (nSPS) is 13.5. The maximum Gasteiger partial charge on any atom is 0.254 e. The van der Waals surface area contributed by atoms with E-state index < -0.39 is 5.82 Å². The Morgan fingerprint density at radius 2 is 2.24 bits per heavy atom. The Morgan fingerprint density at radius 1 is 1.48 bits per heavy atom. The molecule has 3 nitrogen and oxygen atoms in total. The van der Waals surface area contributed by atoms with Crippen molar-refractivity contribution in [2.24, 2.45) is 0 Å². The van der Waals surface area contributed by atoms with E-state index in [-0.39, 0.29) is 18.1 Å². The summed E-state index contributed by atoms with van der Waals surface area (Å²) in [5.74, 6) is 4.31. The lowest BCUT2D eigenvalue weighted by Gasteiger charge is -2.22. The lowest BCUT2D eigenvalue weighted by molar-refractivity contribution is 0.0740. The molecule has 0 heterocycles. The van der Waals surface area contributed by atoms with E-state index in [1.165, 1.54) is 12.1 Å². The molecule has 1 aliphatic carbocycles. The van der Waals surface area contributed by atoms with Crippen molar-refractivity contribution in [3.8, 4) is 11.8 Å². The first-order chi connectivity index (χ1) is 10.2. The van der Waals surface area contributed by atoms with Gasteiger partial charge in [0.2, 0.25) is 0 Å². The number of hydrogen-bond acceptors (Lipinski definition) is 2. The van der Waals surface area contributed by atoms with Gasteiger partial charge >= 0.3 is 0 Å². The highest BCUT2D eigenvalue weighted by atomic mass is 19.1. The first-order valence-corrected chi connectivity index (χ1v) is 7.37. The van der Waals surface area contributed by atoms with E-state index in [0.717, 1.165) is 32.2 Å². The van der Waals surface area contributed by atoms with Crippen LogP contribution >= 0.6 is 0 Å². The first kappa shape index (κ1) is 15.5. The topological polar surface area (TPSA) is 40.5 Å². The summed E-state index contributed by atoms with van der Waals surface area (Å²) >= 11 is 0. The van der Waals surface area contributed by atoms with Crippen molar-refractivity contribution in [3.05, 3.63) is 35.1 Å². The molecule has 1 aromatic rings. The summed E-state index contributed by atoms with van der Waals surface area (Å²) in [5, 5.41) is 8.63. The van der Waals surface area contributed by atoms with Crippen LogP contribution in [0.25, 0.3) is 0 Å². The monoisotopic (exact) mass is 289 g/mol. The van der Waals surface area contributed by atoms with Crippen molar-refractivity contribution in [2.45, 2.75) is 38.6 Å². The molecule has 2 rings (SSSR count). The SMILES string of the molecule is CCCCN(C(=O)c1ccc(C#CCO)c(F)c1)C1CC1. The highest BCUT2D eigenvalue weighted by Gasteiger charge is 2.32. The van der Waals surface area contributed by atoms with Crippen LogP contribution < -0.4 is 0 Å². The molecular weight excluding hydrogens is 269 g/mol. The number of halogens is 1. The summed E-state index contributed by atoms with van der Waals surface area (Å²) in [6.45, 7) is 2.50. The van der Waals surface area contributed by atoms with E-state index in [0.29, 0.717) is 11.6 Å². The molecule has 112 valence electrons. The van der Waals surface area contributed by atoms with E-state index in [2.05, 4.69) is 18.8 Å². The number of aliphatic hydroxyl groups excluding tert-OH is 1. The van der Waals surface area contributed by atoms with Crippen molar-refractivity contribution in [3.63, 3.8) is 0 Å². The molecule has 1 N–H and O–H groups in total. The molecule has 0 aromatic heterocycles. The number of carbonyl (C=O) groups is 1. The number of rotatable bonds is 5. The number of carbonyl (C=O) groups excluding carboxylic acids is 1. The van der Waals surface area contributed by atoms with Crippen molar-refractivity contribution in [2.75, 3.05) is 13.2 Å². The van der Waals surface area contributed by atoms with Crippen molar-refractivity contribution in [1.82, 2.24) is 4.90 Å². The van der Waals surface area contributed by atoms with Crippen LogP contribution in [0.4, 0.5) is 4.39 Å². The van der Waals surface area contributed by atoms with Gasteiger partial charge in [-0.2, -0.15) is 0 Å². The van der Waals surface area contributed by atoms with Crippen LogP contribution in [-0.4, -0.2) is 35.1 Å². The summed E-state index contributed by atoms with van der Waals surface area (Å²) in [5.41, 5.74) is 0.567. The maximum atomic E-state index is 13.9. The number of amides is 1. The van der Waals surface area contributed by atoms with E-state index in [9.17, 15) is 9.18 Å². The summed E-state index contributed by atoms with van der Waals surface area (Å²) in [7, 11) is 0. The standard InChI is InChI=1S/C17H20FNO2/c1-2-3-10-19(15-8-9-15)17(21)14-7-6-13(5-4-11-20)16(18)12-14/h6-7,12,15,20H,2-3,8-11H2,1H3. The number of nitrogens with zero attached hydrogens (tertiary/aromatic N) is 1. The summed E-state index contributed by atoms with van der Waals surface area (Å²) in [6, 6.07) is 4.66. The number of hydrogen-bond donors (Lipinski definition) is 1. The fourth-order valence-electron chi connectivity index (χ4n) is 2.21. The van der Waals surface area contributed by atoms with Gasteiger partial charge in [0.25, 0.3) is 5.91 Å². The minimum atomic E-state index is -0.520. The molecule has 1 fully saturated rings. The number of aliphatic hydroxyl groups is 1. The molecule has 0 spiro atoms. The quantitative estimate of drug-likeness (QED) is 0.846. The lowest BCUT2D eigenvalue weighted by atomic mass is 10.1. The molecule has 1 aromatic carbocycles. The van der Waals surface area contributed by atoms with Crippen LogP contribution in [0.5, 0.6) is 0 Å². The van der Waals surface area contributed by atoms with Crippen molar-refractivity contribution < 1.29 is 14.3 Å². The number of benzene rings is 1. The fourth-order valence-corrected chi connectivity index (χ4v) is 2.21. The third kappa shape index (κ3) is 4.05. The van der Waals surface area contributed by atoms with Gasteiger partial charge in [-0.3, -0.25) is 4.79 Å². The van der Waals surface area contributed by atoms with Crippen LogP contribution in [-0.2, 0) is 0 Å². The smallest absolute Gasteiger partial charge is 0.254 e. The van der Waals surface area contributed by atoms with Crippen LogP contribution in [0.15, 0.2) is 18.2 Å². The molecule has 1 aliphatic rings. The van der Waals surface area contributed by atoms with Gasteiger partial charge in [0.1, 0.15) is 12.4 Å². The van der Waals surface area contributed by atoms with Crippen molar-refractivity contribution in [1.29, 1.82) is 0 Å². The zero-order chi connectivity index (χ0) is 15.2. The Balaban J connectivity index is 2.16. The highest BCUT2D eigenvalue weighted by molar-refractivity contribution is 5.94. The van der Waals surface area contributed by atoms with Gasteiger partial charge in [0.15, 0.2) is 0 Å². The van der Waals surface area contributed by atoms with E-state index in [4.69, 9.17) is 5.11 Å². The largest absolute Gasteiger partial charge is 0.384 e. The second-order valence-electron chi connectivity index (χ2n) is 5.24. The summed E-state index contributed by atoms with van der Waals surface area (Å²) in [6.07, 6.45) is 4.07. The molecule has 0 unspecified atom stereocenters. The van der Waals surface area contributed by atoms with Gasteiger partial charge in [-0.15, -0.1) is 0 Å². The Hall–Kier alpha value is -1.86. The molecule has 0 bridgehead atoms. The Labute approximate surface area is 124 Å². The predicted molar refractivity (Wildman–Crippen MR) is 79.3 cm³/mol. The van der Waals surface area contributed by atoms with Crippen molar-refractivity contribution >= 4 is 5.91 Å². The molecule has 0 aliphatic heterocycles. The second kappa shape index (κ2) is 7.24. The van der Waals surface area contributed by atoms with Gasteiger partial charge in [-0.05, 0) is 37.5 Å². The predicted octanol–water partition coefficient (Wildman–Crippen LogP) is 2.57. The Morgan fingerprint density at radius 3 is 2.81 bits per heavy atom. The molecular formula is C17H20FNO2. The molecule has 0 saturated heterocycles. The second-order valence-corrected chi connectivity index (χ2v) is 5.24. The minimum absolute atomic E-state index is 0.105. The molecule has 0 atom stereocenters. The molecule has 1 saturated carbocycles. The van der Waals surface area contributed by atoms with Gasteiger partial charge in [0, 0.05) is 18.2 Å². The average molecular weight is 289 g/mol. The van der Waals surface area contributed by atoms with E-state index >= 15 is 0 Å². The van der Waals surface area contributed by atoms with Gasteiger partial charge in [0.05, 0.1) is 5.56 Å². The van der Waals surface area contributed by atoms with E-state index in [1.807, 2.05) is 4.90 Å². The molecule has 1 amide bonds. The number of unbranched alkanes of at least 4 members (excludes halogenated alkanes) is 1. The third-order valence-electron chi connectivity index (χ3n) is 3.52. The maximum absolute atomic E-state index is 13.9. The summed E-state index contributed by atoms with van der Waals surface area (Å²) < 4.78 is 13.9. The van der Waals surface area contributed by atoms with Gasteiger partial charge in [-0.25, -0.2) is 4.39 Å². The van der Waals surface area contributed by atoms with Crippen LogP contribution in [0.3, 0.4) is 0 Å². The first-order valence-electron chi connectivity index (χ1n) is 7.37. The van der Waals surface area contributed by atoms with Crippen LogP contribution in [0, 0.1) is 17.7 Å². The van der Waals surface area contributed by atoms with Crippen LogP contribution in [0.2, 0.25) is 0 Å².